The summed E-state index contributed by atoms with van der Waals surface area (Å²) >= 11 is 4.52. The number of carbonyl (C=O) groups excluding carboxylic acids is 1. The first kappa shape index (κ1) is 16.3. The Morgan fingerprint density at radius 3 is 2.86 bits per heavy atom. The lowest BCUT2D eigenvalue weighted by molar-refractivity contribution is -0.113. The number of hydrogen-bond acceptors (Lipinski definition) is 7. The third-order valence-corrected chi connectivity index (χ3v) is 5.39. The Balaban J connectivity index is 1.77. The molecule has 0 fully saturated rings. The molecular formula is C13H16N4OS3. The third kappa shape index (κ3) is 6.04. The van der Waals surface area contributed by atoms with Gasteiger partial charge in [-0.3, -0.25) is 10.1 Å². The van der Waals surface area contributed by atoms with Crippen LogP contribution in [0.15, 0.2) is 34.7 Å². The van der Waals surface area contributed by atoms with E-state index in [1.165, 1.54) is 28.7 Å². The lowest BCUT2D eigenvalue weighted by atomic mass is 10.2. The zero-order chi connectivity index (χ0) is 14.9. The fraction of sp³-hybridized carbons (Fsp3) is 0.308. The number of hydrogen-bond donors (Lipinski definition) is 2. The number of carbonyl (C=O) groups is 1. The Morgan fingerprint density at radius 2 is 2.10 bits per heavy atom. The first-order chi connectivity index (χ1) is 10.3. The predicted octanol–water partition coefficient (Wildman–Crippen LogP) is 2.46. The molecule has 2 rings (SSSR count). The molecule has 0 aliphatic rings. The molecule has 0 saturated heterocycles. The maximum atomic E-state index is 11.6. The van der Waals surface area contributed by atoms with E-state index in [1.54, 1.807) is 11.8 Å². The van der Waals surface area contributed by atoms with Crippen molar-refractivity contribution in [3.05, 3.63) is 35.9 Å². The monoisotopic (exact) mass is 340 g/mol. The summed E-state index contributed by atoms with van der Waals surface area (Å²) in [4.78, 5) is 11.6. The number of amides is 1. The largest absolute Gasteiger partial charge is 0.330 e. The van der Waals surface area contributed by atoms with Gasteiger partial charge >= 0.3 is 0 Å². The number of nitrogens with two attached hydrogens (primary N) is 1. The SMILES string of the molecule is NCCSCC(=O)Nc1nnc(SCc2ccccc2)s1. The molecule has 0 saturated carbocycles. The van der Waals surface area contributed by atoms with Crippen LogP contribution in [0.4, 0.5) is 5.13 Å². The van der Waals surface area contributed by atoms with E-state index in [9.17, 15) is 4.79 Å². The van der Waals surface area contributed by atoms with E-state index in [4.69, 9.17) is 5.73 Å². The van der Waals surface area contributed by atoms with Crippen LogP contribution in [0.1, 0.15) is 5.56 Å². The van der Waals surface area contributed by atoms with Gasteiger partial charge in [0.25, 0.3) is 0 Å². The van der Waals surface area contributed by atoms with Gasteiger partial charge in [0, 0.05) is 18.1 Å². The zero-order valence-corrected chi connectivity index (χ0v) is 13.8. The summed E-state index contributed by atoms with van der Waals surface area (Å²) in [5.41, 5.74) is 6.61. The molecule has 1 amide bonds. The van der Waals surface area contributed by atoms with E-state index in [0.717, 1.165) is 15.8 Å². The van der Waals surface area contributed by atoms with E-state index >= 15 is 0 Å². The van der Waals surface area contributed by atoms with Crippen molar-refractivity contribution >= 4 is 45.9 Å². The number of nitrogens with one attached hydrogen (secondary N) is 1. The lowest BCUT2D eigenvalue weighted by Gasteiger charge is -1.99. The number of aromatic nitrogens is 2. The van der Waals surface area contributed by atoms with Crippen molar-refractivity contribution in [2.24, 2.45) is 5.73 Å². The van der Waals surface area contributed by atoms with Gasteiger partial charge in [0.1, 0.15) is 0 Å². The molecule has 1 aromatic heterocycles. The minimum absolute atomic E-state index is 0.0655. The minimum Gasteiger partial charge on any atom is -0.330 e. The molecule has 1 heterocycles. The smallest absolute Gasteiger partial charge is 0.236 e. The number of thioether (sulfide) groups is 2. The maximum Gasteiger partial charge on any atom is 0.236 e. The second kappa shape index (κ2) is 9.04. The topological polar surface area (TPSA) is 80.9 Å². The predicted molar refractivity (Wildman–Crippen MR) is 90.9 cm³/mol. The van der Waals surface area contributed by atoms with Gasteiger partial charge in [0.05, 0.1) is 5.75 Å². The molecule has 112 valence electrons. The Morgan fingerprint density at radius 1 is 1.29 bits per heavy atom. The first-order valence-electron chi connectivity index (χ1n) is 6.36. The van der Waals surface area contributed by atoms with Crippen molar-refractivity contribution < 1.29 is 4.79 Å². The van der Waals surface area contributed by atoms with Gasteiger partial charge in [-0.25, -0.2) is 0 Å². The molecular weight excluding hydrogens is 324 g/mol. The van der Waals surface area contributed by atoms with Crippen molar-refractivity contribution in [2.45, 2.75) is 10.1 Å². The highest BCUT2D eigenvalue weighted by molar-refractivity contribution is 8.00. The Bertz CT molecular complexity index is 562. The average molecular weight is 340 g/mol. The van der Waals surface area contributed by atoms with Crippen molar-refractivity contribution in [1.82, 2.24) is 10.2 Å². The summed E-state index contributed by atoms with van der Waals surface area (Å²) in [5, 5.41) is 11.3. The Hall–Kier alpha value is -1.09. The summed E-state index contributed by atoms with van der Waals surface area (Å²) in [6, 6.07) is 10.2. The summed E-state index contributed by atoms with van der Waals surface area (Å²) in [7, 11) is 0. The molecule has 0 bridgehead atoms. The van der Waals surface area contributed by atoms with E-state index in [2.05, 4.69) is 27.6 Å². The van der Waals surface area contributed by atoms with Crippen molar-refractivity contribution in [2.75, 3.05) is 23.4 Å². The highest BCUT2D eigenvalue weighted by Gasteiger charge is 2.08. The molecule has 21 heavy (non-hydrogen) atoms. The van der Waals surface area contributed by atoms with E-state index in [0.29, 0.717) is 17.4 Å². The molecule has 0 unspecified atom stereocenters. The maximum absolute atomic E-state index is 11.6. The van der Waals surface area contributed by atoms with Crippen LogP contribution in [0.3, 0.4) is 0 Å². The molecule has 2 aromatic rings. The van der Waals surface area contributed by atoms with Crippen LogP contribution in [0, 0.1) is 0 Å². The Kier molecular flexibility index (Phi) is 7.01. The fourth-order valence-electron chi connectivity index (χ4n) is 1.44. The lowest BCUT2D eigenvalue weighted by Crippen LogP contribution is -2.15. The van der Waals surface area contributed by atoms with Gasteiger partial charge in [0.15, 0.2) is 4.34 Å². The van der Waals surface area contributed by atoms with Gasteiger partial charge < -0.3 is 5.73 Å². The highest BCUT2D eigenvalue weighted by Crippen LogP contribution is 2.28. The summed E-state index contributed by atoms with van der Waals surface area (Å²) < 4.78 is 0.851. The highest BCUT2D eigenvalue weighted by atomic mass is 32.2. The summed E-state index contributed by atoms with van der Waals surface area (Å²) in [6.45, 7) is 0.580. The number of rotatable bonds is 8. The fourth-order valence-corrected chi connectivity index (χ4v) is 3.73. The van der Waals surface area contributed by atoms with Gasteiger partial charge in [-0.15, -0.1) is 10.2 Å². The molecule has 0 aliphatic carbocycles. The van der Waals surface area contributed by atoms with E-state index in [-0.39, 0.29) is 5.91 Å². The van der Waals surface area contributed by atoms with Crippen molar-refractivity contribution in [3.8, 4) is 0 Å². The number of anilines is 1. The quantitative estimate of drug-likeness (QED) is 0.436. The molecule has 0 aliphatic heterocycles. The van der Waals surface area contributed by atoms with E-state index < -0.39 is 0 Å². The van der Waals surface area contributed by atoms with E-state index in [1.807, 2.05) is 18.2 Å². The van der Waals surface area contributed by atoms with Crippen LogP contribution >= 0.6 is 34.9 Å². The standard InChI is InChI=1S/C13H16N4OS3/c14-6-7-19-9-11(18)15-12-16-17-13(21-12)20-8-10-4-2-1-3-5-10/h1-5H,6-9,14H2,(H,15,16,18). The molecule has 1 aromatic carbocycles. The van der Waals surface area contributed by atoms with Gasteiger partial charge in [-0.1, -0.05) is 53.4 Å². The van der Waals surface area contributed by atoms with Crippen LogP contribution < -0.4 is 11.1 Å². The average Bonchev–Trinajstić information content (AvgIpc) is 2.94. The van der Waals surface area contributed by atoms with Crippen LogP contribution in [0.5, 0.6) is 0 Å². The van der Waals surface area contributed by atoms with Crippen LogP contribution in [-0.4, -0.2) is 34.2 Å². The number of nitrogens with zero attached hydrogens (tertiary/aromatic N) is 2. The molecule has 0 atom stereocenters. The van der Waals surface area contributed by atoms with Crippen molar-refractivity contribution in [1.29, 1.82) is 0 Å². The number of benzene rings is 1. The normalized spacial score (nSPS) is 10.5. The Labute approximate surface area is 136 Å². The summed E-state index contributed by atoms with van der Waals surface area (Å²) in [5.74, 6) is 1.95. The second-order valence-corrected chi connectivity index (χ2v) is 7.34. The van der Waals surface area contributed by atoms with Gasteiger partial charge in [0.2, 0.25) is 11.0 Å². The second-order valence-electron chi connectivity index (χ2n) is 4.04. The molecule has 0 spiro atoms. The van der Waals surface area contributed by atoms with Crippen LogP contribution in [-0.2, 0) is 10.5 Å². The zero-order valence-electron chi connectivity index (χ0n) is 11.3. The molecule has 0 radical (unpaired) electrons. The minimum atomic E-state index is -0.0655. The molecule has 8 heteroatoms. The molecule has 5 nitrogen and oxygen atoms in total. The first-order valence-corrected chi connectivity index (χ1v) is 9.31. The van der Waals surface area contributed by atoms with Crippen LogP contribution in [0.2, 0.25) is 0 Å². The van der Waals surface area contributed by atoms with Crippen LogP contribution in [0.25, 0.3) is 0 Å². The summed E-state index contributed by atoms with van der Waals surface area (Å²) in [6.07, 6.45) is 0. The van der Waals surface area contributed by atoms with Crippen molar-refractivity contribution in [3.63, 3.8) is 0 Å². The van der Waals surface area contributed by atoms with Gasteiger partial charge in [-0.2, -0.15) is 11.8 Å². The van der Waals surface area contributed by atoms with Gasteiger partial charge in [-0.05, 0) is 5.56 Å². The molecule has 3 N–H and O–H groups in total. The third-order valence-electron chi connectivity index (χ3n) is 2.35.